The predicted octanol–water partition coefficient (Wildman–Crippen LogP) is 3.35. The Morgan fingerprint density at radius 3 is 2.67 bits per heavy atom. The number of hydrogen-bond donors (Lipinski definition) is 2. The van der Waals surface area contributed by atoms with Crippen LogP contribution >= 0.6 is 11.6 Å². The lowest BCUT2D eigenvalue weighted by molar-refractivity contribution is 0.303. The van der Waals surface area contributed by atoms with Gasteiger partial charge < -0.3 is 15.2 Å². The molecule has 0 aromatic heterocycles. The minimum absolute atomic E-state index is 0.0344. The van der Waals surface area contributed by atoms with Gasteiger partial charge >= 0.3 is 0 Å². The molecule has 0 spiro atoms. The molecule has 0 amide bonds. The first kappa shape index (κ1) is 15.1. The molecule has 4 nitrogen and oxygen atoms in total. The number of ether oxygens (including phenoxy) is 2. The fourth-order valence-electron chi connectivity index (χ4n) is 1.75. The van der Waals surface area contributed by atoms with Crippen molar-refractivity contribution in [2.24, 2.45) is 5.73 Å². The van der Waals surface area contributed by atoms with Gasteiger partial charge in [-0.05, 0) is 18.2 Å². The molecule has 6 heteroatoms. The summed E-state index contributed by atoms with van der Waals surface area (Å²) in [6.45, 7) is 0.0983. The van der Waals surface area contributed by atoms with Gasteiger partial charge in [-0.3, -0.25) is 5.41 Å². The number of halogens is 2. The zero-order valence-electron chi connectivity index (χ0n) is 11.3. The van der Waals surface area contributed by atoms with E-state index in [4.69, 9.17) is 32.2 Å². The van der Waals surface area contributed by atoms with E-state index in [0.717, 1.165) is 0 Å². The van der Waals surface area contributed by atoms with Crippen LogP contribution in [0.25, 0.3) is 0 Å². The van der Waals surface area contributed by atoms with Gasteiger partial charge in [0.25, 0.3) is 0 Å². The molecule has 21 heavy (non-hydrogen) atoms. The van der Waals surface area contributed by atoms with E-state index in [1.54, 1.807) is 30.3 Å². The van der Waals surface area contributed by atoms with Gasteiger partial charge in [-0.15, -0.1) is 0 Å². The molecule has 0 unspecified atom stereocenters. The van der Waals surface area contributed by atoms with Crippen LogP contribution in [0.15, 0.2) is 36.4 Å². The van der Waals surface area contributed by atoms with E-state index in [9.17, 15) is 4.39 Å². The highest BCUT2D eigenvalue weighted by Crippen LogP contribution is 2.25. The molecule has 0 heterocycles. The standard InChI is InChI=1S/C15H14ClFN2O2/c1-20-11-5-10(15(18)19)6-12(7-11)21-8-9-3-2-4-13(17)14(9)16/h2-7H,8H2,1H3,(H3,18,19). The number of benzene rings is 2. The monoisotopic (exact) mass is 308 g/mol. The van der Waals surface area contributed by atoms with Crippen molar-refractivity contribution in [3.8, 4) is 11.5 Å². The molecule has 0 saturated heterocycles. The van der Waals surface area contributed by atoms with Crippen molar-refractivity contribution in [3.05, 3.63) is 58.4 Å². The minimum Gasteiger partial charge on any atom is -0.497 e. The summed E-state index contributed by atoms with van der Waals surface area (Å²) in [7, 11) is 1.51. The van der Waals surface area contributed by atoms with Crippen molar-refractivity contribution in [1.29, 1.82) is 5.41 Å². The number of rotatable bonds is 5. The molecular weight excluding hydrogens is 295 g/mol. The molecule has 2 rings (SSSR count). The van der Waals surface area contributed by atoms with E-state index < -0.39 is 5.82 Å². The molecule has 2 aromatic rings. The van der Waals surface area contributed by atoms with Gasteiger partial charge in [-0.1, -0.05) is 23.7 Å². The molecule has 0 fully saturated rings. The molecule has 2 aromatic carbocycles. The fourth-order valence-corrected chi connectivity index (χ4v) is 1.93. The van der Waals surface area contributed by atoms with Crippen molar-refractivity contribution in [2.45, 2.75) is 6.61 Å². The normalized spacial score (nSPS) is 10.2. The molecule has 0 aliphatic heterocycles. The zero-order chi connectivity index (χ0) is 15.4. The van der Waals surface area contributed by atoms with Crippen molar-refractivity contribution in [1.82, 2.24) is 0 Å². The molecule has 0 atom stereocenters. The molecule has 0 bridgehead atoms. The third kappa shape index (κ3) is 3.64. The summed E-state index contributed by atoms with van der Waals surface area (Å²) >= 11 is 5.87. The molecule has 0 aliphatic carbocycles. The fraction of sp³-hybridized carbons (Fsp3) is 0.133. The maximum atomic E-state index is 13.3. The third-order valence-electron chi connectivity index (χ3n) is 2.85. The molecule has 110 valence electrons. The van der Waals surface area contributed by atoms with Crippen molar-refractivity contribution >= 4 is 17.4 Å². The van der Waals surface area contributed by atoms with E-state index in [-0.39, 0.29) is 17.5 Å². The van der Waals surface area contributed by atoms with Crippen LogP contribution in [0.3, 0.4) is 0 Å². The van der Waals surface area contributed by atoms with Gasteiger partial charge in [0, 0.05) is 17.2 Å². The lowest BCUT2D eigenvalue weighted by Crippen LogP contribution is -2.11. The van der Waals surface area contributed by atoms with E-state index in [1.165, 1.54) is 13.2 Å². The zero-order valence-corrected chi connectivity index (χ0v) is 12.1. The highest BCUT2D eigenvalue weighted by atomic mass is 35.5. The van der Waals surface area contributed by atoms with Gasteiger partial charge in [0.05, 0.1) is 12.1 Å². The lowest BCUT2D eigenvalue weighted by Gasteiger charge is -2.11. The number of hydrogen-bond acceptors (Lipinski definition) is 3. The first-order valence-electron chi connectivity index (χ1n) is 6.10. The topological polar surface area (TPSA) is 68.3 Å². The lowest BCUT2D eigenvalue weighted by atomic mass is 10.2. The molecule has 3 N–H and O–H groups in total. The maximum Gasteiger partial charge on any atom is 0.142 e. The molecule has 0 saturated carbocycles. The smallest absolute Gasteiger partial charge is 0.142 e. The minimum atomic E-state index is -0.493. The number of amidine groups is 1. The van der Waals surface area contributed by atoms with Gasteiger partial charge in [0.15, 0.2) is 0 Å². The quantitative estimate of drug-likeness (QED) is 0.657. The van der Waals surface area contributed by atoms with Gasteiger partial charge in [-0.2, -0.15) is 0 Å². The van der Waals surface area contributed by atoms with Crippen molar-refractivity contribution in [3.63, 3.8) is 0 Å². The second-order valence-electron chi connectivity index (χ2n) is 4.31. The summed E-state index contributed by atoms with van der Waals surface area (Å²) in [5.41, 5.74) is 6.47. The van der Waals surface area contributed by atoms with Crippen LogP contribution in [-0.2, 0) is 6.61 Å². The van der Waals surface area contributed by atoms with E-state index >= 15 is 0 Å². The first-order valence-corrected chi connectivity index (χ1v) is 6.48. The van der Waals surface area contributed by atoms with Crippen molar-refractivity contribution < 1.29 is 13.9 Å². The summed E-state index contributed by atoms with van der Waals surface area (Å²) in [6.07, 6.45) is 0. The van der Waals surface area contributed by atoms with E-state index in [0.29, 0.717) is 22.6 Å². The van der Waals surface area contributed by atoms with Crippen LogP contribution in [0.5, 0.6) is 11.5 Å². The van der Waals surface area contributed by atoms with E-state index in [1.807, 2.05) is 0 Å². The summed E-state index contributed by atoms with van der Waals surface area (Å²) < 4.78 is 24.0. The Kier molecular flexibility index (Phi) is 4.65. The van der Waals surface area contributed by atoms with Crippen LogP contribution < -0.4 is 15.2 Å². The van der Waals surface area contributed by atoms with Crippen LogP contribution in [0.1, 0.15) is 11.1 Å². The number of nitrogens with two attached hydrogens (primary N) is 1. The SMILES string of the molecule is COc1cc(OCc2cccc(F)c2Cl)cc(C(=N)N)c1. The number of nitrogen functional groups attached to an aromatic ring is 1. The number of methoxy groups -OCH3 is 1. The average Bonchev–Trinajstić information content (AvgIpc) is 2.48. The summed E-state index contributed by atoms with van der Waals surface area (Å²) in [5, 5.41) is 7.49. The second kappa shape index (κ2) is 6.45. The van der Waals surface area contributed by atoms with Crippen molar-refractivity contribution in [2.75, 3.05) is 7.11 Å². The number of nitrogens with one attached hydrogen (secondary N) is 1. The Hall–Kier alpha value is -2.27. The highest BCUT2D eigenvalue weighted by molar-refractivity contribution is 6.31. The maximum absolute atomic E-state index is 13.3. The Morgan fingerprint density at radius 2 is 2.00 bits per heavy atom. The molecular formula is C15H14ClFN2O2. The first-order chi connectivity index (χ1) is 10.0. The largest absolute Gasteiger partial charge is 0.497 e. The molecule has 0 aliphatic rings. The van der Waals surface area contributed by atoms with Crippen LogP contribution in [0.4, 0.5) is 4.39 Å². The summed E-state index contributed by atoms with van der Waals surface area (Å²) in [4.78, 5) is 0. The Labute approximate surface area is 126 Å². The van der Waals surface area contributed by atoms with Crippen LogP contribution in [-0.4, -0.2) is 12.9 Å². The van der Waals surface area contributed by atoms with Gasteiger partial charge in [0.2, 0.25) is 0 Å². The average molecular weight is 309 g/mol. The Morgan fingerprint density at radius 1 is 1.29 bits per heavy atom. The molecule has 0 radical (unpaired) electrons. The summed E-state index contributed by atoms with van der Waals surface area (Å²) in [6, 6.07) is 9.41. The summed E-state index contributed by atoms with van der Waals surface area (Å²) in [5.74, 6) is 0.387. The second-order valence-corrected chi connectivity index (χ2v) is 4.69. The highest BCUT2D eigenvalue weighted by Gasteiger charge is 2.08. The van der Waals surface area contributed by atoms with Crippen LogP contribution in [0.2, 0.25) is 5.02 Å². The van der Waals surface area contributed by atoms with Gasteiger partial charge in [0.1, 0.15) is 29.8 Å². The van der Waals surface area contributed by atoms with Gasteiger partial charge in [-0.25, -0.2) is 4.39 Å². The van der Waals surface area contributed by atoms with E-state index in [2.05, 4.69) is 0 Å². The van der Waals surface area contributed by atoms with Crippen LogP contribution in [0, 0.1) is 11.2 Å². The Bertz CT molecular complexity index is 677. The predicted molar refractivity (Wildman–Crippen MR) is 79.8 cm³/mol. The Balaban J connectivity index is 2.21. The third-order valence-corrected chi connectivity index (χ3v) is 3.28.